The lowest BCUT2D eigenvalue weighted by atomic mass is 9.64. The number of allylic oxidation sites excluding steroid dienone is 1. The van der Waals surface area contributed by atoms with Gasteiger partial charge >= 0.3 is 0 Å². The van der Waals surface area contributed by atoms with E-state index >= 15 is 0 Å². The Morgan fingerprint density at radius 3 is 2.73 bits per heavy atom. The molecule has 2 rings (SSSR count). The van der Waals surface area contributed by atoms with E-state index in [1.165, 1.54) is 31.4 Å². The molecule has 0 spiro atoms. The van der Waals surface area contributed by atoms with Crippen molar-refractivity contribution in [3.8, 4) is 0 Å². The summed E-state index contributed by atoms with van der Waals surface area (Å²) in [5, 5.41) is 0.540. The third kappa shape index (κ3) is 1.83. The van der Waals surface area contributed by atoms with Crippen molar-refractivity contribution in [2.45, 2.75) is 57.8 Å². The van der Waals surface area contributed by atoms with Crippen LogP contribution in [-0.4, -0.2) is 25.8 Å². The summed E-state index contributed by atoms with van der Waals surface area (Å²) in [6.45, 7) is 7.07. The third-order valence-corrected chi connectivity index (χ3v) is 4.75. The van der Waals surface area contributed by atoms with Gasteiger partial charge < -0.3 is 4.90 Å². The van der Waals surface area contributed by atoms with Crippen molar-refractivity contribution >= 4 is 7.85 Å². The largest absolute Gasteiger partial charge is 0.375 e. The predicted molar refractivity (Wildman–Crippen MR) is 68.8 cm³/mol. The molecule has 3 atom stereocenters. The van der Waals surface area contributed by atoms with Crippen LogP contribution in [0, 0.1) is 5.92 Å². The molecule has 1 saturated carbocycles. The number of rotatable bonds is 0. The Balaban J connectivity index is 2.25. The summed E-state index contributed by atoms with van der Waals surface area (Å²) in [6, 6.07) is 0.780. The maximum absolute atomic E-state index is 2.53. The standard InChI is InChI=1S/C13H24BN/c1-9-10(2)15(4)12-8-13(3,14)7-5-6-11(9)12/h11-12H,5-8,14H2,1-4H3. The van der Waals surface area contributed by atoms with E-state index < -0.39 is 0 Å². The van der Waals surface area contributed by atoms with Crippen LogP contribution in [0.2, 0.25) is 5.31 Å². The molecule has 2 aliphatic rings. The average molecular weight is 205 g/mol. The minimum absolute atomic E-state index is 0.540. The monoisotopic (exact) mass is 205 g/mol. The van der Waals surface area contributed by atoms with E-state index in [0.29, 0.717) is 5.31 Å². The summed E-state index contributed by atoms with van der Waals surface area (Å²) in [7, 11) is 4.72. The molecule has 0 saturated heterocycles. The van der Waals surface area contributed by atoms with Crippen LogP contribution in [0.3, 0.4) is 0 Å². The molecule has 1 heterocycles. The Morgan fingerprint density at radius 1 is 1.40 bits per heavy atom. The highest BCUT2D eigenvalue weighted by Gasteiger charge is 2.39. The second kappa shape index (κ2) is 3.57. The smallest absolute Gasteiger partial charge is 0.109 e. The summed E-state index contributed by atoms with van der Waals surface area (Å²) >= 11 is 0. The third-order valence-electron chi connectivity index (χ3n) is 4.75. The van der Waals surface area contributed by atoms with Gasteiger partial charge in [-0.15, -0.1) is 0 Å². The van der Waals surface area contributed by atoms with Crippen LogP contribution >= 0.6 is 0 Å². The van der Waals surface area contributed by atoms with Gasteiger partial charge in [0.15, 0.2) is 0 Å². The fraction of sp³-hybridized carbons (Fsp3) is 0.846. The van der Waals surface area contributed by atoms with Gasteiger partial charge in [0.1, 0.15) is 7.85 Å². The molecular formula is C13H24BN. The summed E-state index contributed by atoms with van der Waals surface area (Å²) in [6.07, 6.45) is 5.58. The first-order chi connectivity index (χ1) is 6.92. The van der Waals surface area contributed by atoms with Crippen LogP contribution in [0.1, 0.15) is 46.5 Å². The molecule has 1 fully saturated rings. The van der Waals surface area contributed by atoms with E-state index in [2.05, 4.69) is 40.6 Å². The molecule has 1 aliphatic carbocycles. The highest BCUT2D eigenvalue weighted by molar-refractivity contribution is 6.14. The van der Waals surface area contributed by atoms with E-state index in [1.807, 2.05) is 0 Å². The van der Waals surface area contributed by atoms with E-state index in [1.54, 1.807) is 5.57 Å². The minimum Gasteiger partial charge on any atom is -0.375 e. The minimum atomic E-state index is 0.540. The van der Waals surface area contributed by atoms with Gasteiger partial charge in [-0.2, -0.15) is 0 Å². The molecule has 3 unspecified atom stereocenters. The van der Waals surface area contributed by atoms with Crippen LogP contribution in [0.5, 0.6) is 0 Å². The van der Waals surface area contributed by atoms with Crippen molar-refractivity contribution in [3.05, 3.63) is 11.3 Å². The zero-order chi connectivity index (χ0) is 11.2. The summed E-state index contributed by atoms with van der Waals surface area (Å²) in [5.41, 5.74) is 3.18. The number of nitrogens with zero attached hydrogens (tertiary/aromatic N) is 1. The predicted octanol–water partition coefficient (Wildman–Crippen LogP) is 2.60. The van der Waals surface area contributed by atoms with Gasteiger partial charge in [-0.25, -0.2) is 0 Å². The lowest BCUT2D eigenvalue weighted by Gasteiger charge is -2.32. The maximum atomic E-state index is 2.53. The van der Waals surface area contributed by atoms with Crippen molar-refractivity contribution in [1.82, 2.24) is 4.90 Å². The maximum Gasteiger partial charge on any atom is 0.109 e. The summed E-state index contributed by atoms with van der Waals surface area (Å²) in [4.78, 5) is 2.53. The van der Waals surface area contributed by atoms with Crippen molar-refractivity contribution in [1.29, 1.82) is 0 Å². The Morgan fingerprint density at radius 2 is 2.07 bits per heavy atom. The van der Waals surface area contributed by atoms with Crippen LogP contribution in [0.4, 0.5) is 0 Å². The zero-order valence-corrected chi connectivity index (χ0v) is 10.9. The number of hydrogen-bond donors (Lipinski definition) is 0. The topological polar surface area (TPSA) is 3.24 Å². The van der Waals surface area contributed by atoms with E-state index in [9.17, 15) is 0 Å². The molecule has 15 heavy (non-hydrogen) atoms. The lowest BCUT2D eigenvalue weighted by Crippen LogP contribution is -2.32. The first kappa shape index (κ1) is 11.1. The Labute approximate surface area is 95.3 Å². The van der Waals surface area contributed by atoms with Crippen LogP contribution in [0.25, 0.3) is 0 Å². The highest BCUT2D eigenvalue weighted by atomic mass is 15.2. The van der Waals surface area contributed by atoms with Crippen molar-refractivity contribution in [3.63, 3.8) is 0 Å². The number of hydrogen-bond acceptors (Lipinski definition) is 1. The Kier molecular flexibility index (Phi) is 2.64. The van der Waals surface area contributed by atoms with Gasteiger partial charge in [-0.1, -0.05) is 25.1 Å². The fourth-order valence-corrected chi connectivity index (χ4v) is 3.51. The van der Waals surface area contributed by atoms with Gasteiger partial charge in [0.05, 0.1) is 0 Å². The molecule has 1 nitrogen and oxygen atoms in total. The van der Waals surface area contributed by atoms with Gasteiger partial charge in [-0.05, 0) is 32.3 Å². The van der Waals surface area contributed by atoms with E-state index in [0.717, 1.165) is 12.0 Å². The molecule has 2 heteroatoms. The molecule has 84 valence electrons. The van der Waals surface area contributed by atoms with Crippen LogP contribution in [-0.2, 0) is 0 Å². The second-order valence-corrected chi connectivity index (χ2v) is 6.31. The molecule has 1 aliphatic heterocycles. The summed E-state index contributed by atoms with van der Waals surface area (Å²) < 4.78 is 0. The molecule has 0 bridgehead atoms. The quantitative estimate of drug-likeness (QED) is 0.549. The van der Waals surface area contributed by atoms with Crippen LogP contribution in [0.15, 0.2) is 11.3 Å². The first-order valence-corrected chi connectivity index (χ1v) is 6.32. The van der Waals surface area contributed by atoms with Crippen LogP contribution < -0.4 is 0 Å². The molecule has 0 radical (unpaired) electrons. The first-order valence-electron chi connectivity index (χ1n) is 6.32. The number of fused-ring (bicyclic) bond motifs is 1. The summed E-state index contributed by atoms with van der Waals surface area (Å²) in [5.74, 6) is 0.844. The normalized spacial score (nSPS) is 41.7. The highest BCUT2D eigenvalue weighted by Crippen LogP contribution is 2.47. The Hall–Kier alpha value is -0.395. The molecule has 0 aromatic rings. The lowest BCUT2D eigenvalue weighted by molar-refractivity contribution is 0.253. The zero-order valence-electron chi connectivity index (χ0n) is 10.9. The van der Waals surface area contributed by atoms with Crippen molar-refractivity contribution in [2.24, 2.45) is 5.92 Å². The molecule has 0 aromatic carbocycles. The average Bonchev–Trinajstić information content (AvgIpc) is 2.35. The van der Waals surface area contributed by atoms with E-state index in [4.69, 9.17) is 0 Å². The Bertz CT molecular complexity index is 293. The van der Waals surface area contributed by atoms with Crippen molar-refractivity contribution < 1.29 is 0 Å². The van der Waals surface area contributed by atoms with Gasteiger partial charge in [-0.3, -0.25) is 0 Å². The van der Waals surface area contributed by atoms with Crippen molar-refractivity contribution in [2.75, 3.05) is 7.05 Å². The van der Waals surface area contributed by atoms with Gasteiger partial charge in [0.25, 0.3) is 0 Å². The fourth-order valence-electron chi connectivity index (χ4n) is 3.51. The molecule has 0 aromatic heterocycles. The van der Waals surface area contributed by atoms with Gasteiger partial charge in [0, 0.05) is 24.7 Å². The second-order valence-electron chi connectivity index (χ2n) is 6.31. The SMILES string of the molecule is BC1(C)CCCC2C(C)=C(C)N(C)C2C1. The van der Waals surface area contributed by atoms with E-state index in [-0.39, 0.29) is 0 Å². The van der Waals surface area contributed by atoms with Gasteiger partial charge in [0.2, 0.25) is 0 Å². The molecular weight excluding hydrogens is 181 g/mol. The molecule has 0 amide bonds. The molecule has 0 N–H and O–H groups in total.